The first kappa shape index (κ1) is 11.7. The molecule has 0 aliphatic carbocycles. The summed E-state index contributed by atoms with van der Waals surface area (Å²) < 4.78 is 0. The number of aromatic hydroxyl groups is 2. The van der Waals surface area contributed by atoms with Crippen LogP contribution in [0.15, 0.2) is 24.3 Å². The van der Waals surface area contributed by atoms with Crippen LogP contribution in [0, 0.1) is 0 Å². The first-order valence-electron chi connectivity index (χ1n) is 2.27. The Kier molecular flexibility index (Phi) is 5.52. The van der Waals surface area contributed by atoms with Gasteiger partial charge in [0, 0.05) is 0 Å². The number of hydrogen-bond acceptors (Lipinski definition) is 2. The maximum atomic E-state index is 8.67. The molecule has 3 heteroatoms. The van der Waals surface area contributed by atoms with Crippen molar-refractivity contribution in [1.82, 2.24) is 0 Å². The fraction of sp³-hybridized carbons (Fsp3) is 0.143. The van der Waals surface area contributed by atoms with Crippen molar-refractivity contribution in [3.8, 4) is 11.5 Å². The zero-order valence-corrected chi connectivity index (χ0v) is 4.20. The Morgan fingerprint density at radius 2 is 1.20 bits per heavy atom. The Bertz CT molecular complexity index is 168. The number of para-hydroxylation sites is 2. The van der Waals surface area contributed by atoms with Gasteiger partial charge in [-0.1, -0.05) is 19.6 Å². The number of benzene rings is 1. The molecule has 0 unspecified atom stereocenters. The maximum Gasteiger partial charge on any atom is 0.157 e. The van der Waals surface area contributed by atoms with E-state index in [0.29, 0.717) is 0 Å². The van der Waals surface area contributed by atoms with Crippen LogP contribution in [0.1, 0.15) is 7.43 Å². The van der Waals surface area contributed by atoms with Crippen molar-refractivity contribution in [3.05, 3.63) is 24.3 Å². The third-order valence-electron chi connectivity index (χ3n) is 0.882. The summed E-state index contributed by atoms with van der Waals surface area (Å²) in [5.41, 5.74) is 0. The fourth-order valence-electron chi connectivity index (χ4n) is 0.464. The van der Waals surface area contributed by atoms with Crippen molar-refractivity contribution in [2.75, 3.05) is 0 Å². The van der Waals surface area contributed by atoms with E-state index in [1.807, 2.05) is 0 Å². The van der Waals surface area contributed by atoms with Crippen LogP contribution < -0.4 is 0 Å². The molecule has 0 heterocycles. The minimum absolute atomic E-state index is 0. The van der Waals surface area contributed by atoms with E-state index in [2.05, 4.69) is 0 Å². The van der Waals surface area contributed by atoms with Crippen molar-refractivity contribution >= 4 is 8.41 Å². The second kappa shape index (κ2) is 4.73. The molecule has 0 aliphatic heterocycles. The second-order valence-electron chi connectivity index (χ2n) is 1.49. The molecule has 0 fully saturated rings. The molecule has 1 rings (SSSR count). The van der Waals surface area contributed by atoms with E-state index in [9.17, 15) is 0 Å². The van der Waals surface area contributed by atoms with Gasteiger partial charge in [0.05, 0.1) is 8.41 Å². The average molecular weight is 140 g/mol. The Balaban J connectivity index is 0. The molecule has 0 amide bonds. The summed E-state index contributed by atoms with van der Waals surface area (Å²) in [7, 11) is 0. The van der Waals surface area contributed by atoms with Gasteiger partial charge in [0.15, 0.2) is 11.5 Å². The summed E-state index contributed by atoms with van der Waals surface area (Å²) in [5.74, 6) is -0.153. The molecule has 0 aliphatic rings. The number of hydrogen-bond donors (Lipinski definition) is 2. The van der Waals surface area contributed by atoms with Crippen LogP contribution in [0.25, 0.3) is 0 Å². The quantitative estimate of drug-likeness (QED) is 0.408. The normalized spacial score (nSPS) is 7.20. The van der Waals surface area contributed by atoms with Crippen LogP contribution in [0.4, 0.5) is 0 Å². The minimum Gasteiger partial charge on any atom is -0.504 e. The van der Waals surface area contributed by atoms with Gasteiger partial charge in [-0.05, 0) is 12.1 Å². The Morgan fingerprint density at radius 1 is 0.900 bits per heavy atom. The van der Waals surface area contributed by atoms with Crippen LogP contribution in [-0.4, -0.2) is 18.6 Å². The highest BCUT2D eigenvalue weighted by Crippen LogP contribution is 2.21. The Hall–Kier alpha value is -1.12. The average Bonchev–Trinajstić information content (AvgIpc) is 1.77. The molecule has 56 valence electrons. The first-order chi connectivity index (χ1) is 3.80. The Morgan fingerprint density at radius 3 is 1.40 bits per heavy atom. The molecule has 0 spiro atoms. The van der Waals surface area contributed by atoms with E-state index in [-0.39, 0.29) is 27.3 Å². The molecule has 2 nitrogen and oxygen atoms in total. The highest BCUT2D eigenvalue weighted by atomic mass is 16.3. The smallest absolute Gasteiger partial charge is 0.157 e. The van der Waals surface area contributed by atoms with Crippen molar-refractivity contribution in [3.63, 3.8) is 0 Å². The van der Waals surface area contributed by atoms with E-state index in [1.54, 1.807) is 12.1 Å². The van der Waals surface area contributed by atoms with Crippen molar-refractivity contribution in [2.45, 2.75) is 7.43 Å². The fourth-order valence-corrected chi connectivity index (χ4v) is 0.464. The molecule has 2 N–H and O–H groups in total. The summed E-state index contributed by atoms with van der Waals surface area (Å²) in [5, 5.41) is 17.3. The lowest BCUT2D eigenvalue weighted by atomic mass is 10.3. The van der Waals surface area contributed by atoms with Gasteiger partial charge in [0.1, 0.15) is 0 Å². The third-order valence-corrected chi connectivity index (χ3v) is 0.882. The molecule has 0 aromatic heterocycles. The highest BCUT2D eigenvalue weighted by molar-refractivity contribution is 5.75. The van der Waals surface area contributed by atoms with Gasteiger partial charge < -0.3 is 10.2 Å². The molecule has 0 saturated heterocycles. The molecule has 0 saturated carbocycles. The van der Waals surface area contributed by atoms with Gasteiger partial charge in [-0.2, -0.15) is 0 Å². The molecular formula is C7H13BO2. The van der Waals surface area contributed by atoms with Crippen LogP contribution in [0.5, 0.6) is 11.5 Å². The second-order valence-corrected chi connectivity index (χ2v) is 1.49. The number of phenolic OH excluding ortho intramolecular Hbond substituents is 2. The van der Waals surface area contributed by atoms with E-state index < -0.39 is 0 Å². The lowest BCUT2D eigenvalue weighted by Crippen LogP contribution is -1.63. The van der Waals surface area contributed by atoms with Crippen LogP contribution in [-0.2, 0) is 0 Å². The lowest BCUT2D eigenvalue weighted by molar-refractivity contribution is 0.404. The van der Waals surface area contributed by atoms with E-state index in [1.165, 1.54) is 12.1 Å². The molecule has 1 aromatic carbocycles. The molecular weight excluding hydrogens is 127 g/mol. The maximum absolute atomic E-state index is 8.67. The van der Waals surface area contributed by atoms with E-state index in [0.717, 1.165) is 0 Å². The zero-order valence-electron chi connectivity index (χ0n) is 4.20. The molecule has 0 atom stereocenters. The lowest BCUT2D eigenvalue weighted by Gasteiger charge is -1.91. The van der Waals surface area contributed by atoms with Crippen molar-refractivity contribution < 1.29 is 10.2 Å². The third kappa shape index (κ3) is 2.44. The summed E-state index contributed by atoms with van der Waals surface area (Å²) >= 11 is 0. The first-order valence-corrected chi connectivity index (χ1v) is 2.27. The zero-order chi connectivity index (χ0) is 5.98. The minimum atomic E-state index is -0.0764. The van der Waals surface area contributed by atoms with E-state index in [4.69, 9.17) is 10.2 Å². The summed E-state index contributed by atoms with van der Waals surface area (Å²) in [6, 6.07) is 6.15. The molecule has 0 radical (unpaired) electrons. The van der Waals surface area contributed by atoms with Crippen molar-refractivity contribution in [1.29, 1.82) is 0 Å². The van der Waals surface area contributed by atoms with Gasteiger partial charge in [0.2, 0.25) is 0 Å². The van der Waals surface area contributed by atoms with Crippen LogP contribution >= 0.6 is 0 Å². The number of rotatable bonds is 0. The van der Waals surface area contributed by atoms with Gasteiger partial charge in [-0.15, -0.1) is 0 Å². The molecule has 0 bridgehead atoms. The van der Waals surface area contributed by atoms with Gasteiger partial charge in [-0.3, -0.25) is 0 Å². The topological polar surface area (TPSA) is 40.5 Å². The SMILES string of the molecule is B.C.Oc1ccccc1O. The van der Waals surface area contributed by atoms with Gasteiger partial charge >= 0.3 is 0 Å². The van der Waals surface area contributed by atoms with E-state index >= 15 is 0 Å². The Labute approximate surface area is 62.7 Å². The highest BCUT2D eigenvalue weighted by Gasteiger charge is 1.90. The van der Waals surface area contributed by atoms with Crippen LogP contribution in [0.3, 0.4) is 0 Å². The van der Waals surface area contributed by atoms with Gasteiger partial charge in [-0.25, -0.2) is 0 Å². The largest absolute Gasteiger partial charge is 0.504 e. The predicted octanol–water partition coefficient (Wildman–Crippen LogP) is 0.550. The summed E-state index contributed by atoms with van der Waals surface area (Å²) in [6.45, 7) is 0. The summed E-state index contributed by atoms with van der Waals surface area (Å²) in [4.78, 5) is 0. The predicted molar refractivity (Wildman–Crippen MR) is 46.4 cm³/mol. The summed E-state index contributed by atoms with van der Waals surface area (Å²) in [6.07, 6.45) is 0. The number of phenols is 2. The monoisotopic (exact) mass is 140 g/mol. The van der Waals surface area contributed by atoms with Crippen LogP contribution in [0.2, 0.25) is 0 Å². The molecule has 10 heavy (non-hydrogen) atoms. The van der Waals surface area contributed by atoms with Crippen molar-refractivity contribution in [2.24, 2.45) is 0 Å². The standard InChI is InChI=1S/C6H6O2.CH4.BH3/c7-5-3-1-2-4-6(5)8;;/h1-4,7-8H;1H4;1H3. The van der Waals surface area contributed by atoms with Gasteiger partial charge in [0.25, 0.3) is 0 Å². The molecule has 1 aromatic rings.